The molecule has 0 spiro atoms. The van der Waals surface area contributed by atoms with Crippen molar-refractivity contribution in [2.24, 2.45) is 0 Å². The lowest BCUT2D eigenvalue weighted by Crippen LogP contribution is -2.23. The van der Waals surface area contributed by atoms with E-state index >= 15 is 0 Å². The molecule has 1 atom stereocenters. The Morgan fingerprint density at radius 1 is 1.20 bits per heavy atom. The van der Waals surface area contributed by atoms with Crippen molar-refractivity contribution in [3.05, 3.63) is 63.4 Å². The second kappa shape index (κ2) is 8.42. The normalized spacial score (nSPS) is 17.6. The highest BCUT2D eigenvalue weighted by atomic mass is 32.2. The predicted molar refractivity (Wildman–Crippen MR) is 124 cm³/mol. The van der Waals surface area contributed by atoms with Crippen LogP contribution < -0.4 is 15.5 Å². The smallest absolute Gasteiger partial charge is 0.387 e. The van der Waals surface area contributed by atoms with Gasteiger partial charge in [-0.15, -0.1) is 0 Å². The van der Waals surface area contributed by atoms with Crippen LogP contribution in [-0.4, -0.2) is 31.8 Å². The lowest BCUT2D eigenvalue weighted by Gasteiger charge is -2.19. The van der Waals surface area contributed by atoms with E-state index in [-0.39, 0.29) is 28.7 Å². The molecule has 0 amide bonds. The Morgan fingerprint density at radius 2 is 1.94 bits per heavy atom. The third-order valence-electron chi connectivity index (χ3n) is 6.26. The fraction of sp³-hybridized carbons (Fsp3) is 0.333. The standard InChI is InChI=1S/C24H22F2N2O6S/c1-12-16-6-3-13(9-14(16)10-27-12)17-7-8-18-20(22(17)33-24(25)26)28(15-4-5-15)11-19(21(18)29)23(30)34-35(2,31)32/h3,6-9,11-12,15,24,27H,4-5,10H2,1-2H3. The minimum absolute atomic E-state index is 0.0456. The summed E-state index contributed by atoms with van der Waals surface area (Å²) in [5.41, 5.74) is 1.98. The number of ether oxygens (including phenoxy) is 1. The second-order valence-electron chi connectivity index (χ2n) is 8.82. The summed E-state index contributed by atoms with van der Waals surface area (Å²) >= 11 is 0. The average molecular weight is 505 g/mol. The van der Waals surface area contributed by atoms with Gasteiger partial charge in [0.15, 0.2) is 5.75 Å². The molecule has 1 fully saturated rings. The number of hydrogen-bond acceptors (Lipinski definition) is 7. The lowest BCUT2D eigenvalue weighted by atomic mass is 9.96. The summed E-state index contributed by atoms with van der Waals surface area (Å²) in [4.78, 5) is 25.6. The molecule has 2 aromatic carbocycles. The molecule has 0 radical (unpaired) electrons. The third kappa shape index (κ3) is 4.41. The van der Waals surface area contributed by atoms with E-state index in [1.807, 2.05) is 25.1 Å². The Kier molecular flexibility index (Phi) is 5.64. The summed E-state index contributed by atoms with van der Waals surface area (Å²) in [5.74, 6) is -1.50. The van der Waals surface area contributed by atoms with E-state index in [4.69, 9.17) is 4.74 Å². The van der Waals surface area contributed by atoms with Crippen LogP contribution in [0, 0.1) is 0 Å². The van der Waals surface area contributed by atoms with Crippen LogP contribution in [0.15, 0.2) is 41.3 Å². The SMILES string of the molecule is CC1NCc2cc(-c3ccc4c(=O)c(C(=O)OS(C)(=O)=O)cn(C5CC5)c4c3OC(F)F)ccc21. The lowest BCUT2D eigenvalue weighted by molar-refractivity contribution is -0.0486. The first-order valence-electron chi connectivity index (χ1n) is 11.0. The molecule has 184 valence electrons. The first-order chi connectivity index (χ1) is 16.5. The van der Waals surface area contributed by atoms with Crippen LogP contribution in [0.25, 0.3) is 22.0 Å². The quantitative estimate of drug-likeness (QED) is 0.508. The number of halogens is 2. The molecule has 2 heterocycles. The van der Waals surface area contributed by atoms with Crippen LogP contribution in [0.2, 0.25) is 0 Å². The Morgan fingerprint density at radius 3 is 2.60 bits per heavy atom. The van der Waals surface area contributed by atoms with Gasteiger partial charge in [-0.3, -0.25) is 4.79 Å². The fourth-order valence-electron chi connectivity index (χ4n) is 4.54. The van der Waals surface area contributed by atoms with Crippen LogP contribution >= 0.6 is 0 Å². The fourth-order valence-corrected chi connectivity index (χ4v) is 4.91. The van der Waals surface area contributed by atoms with E-state index in [9.17, 15) is 26.8 Å². The molecule has 1 aliphatic carbocycles. The number of nitrogens with zero attached hydrogens (tertiary/aromatic N) is 1. The predicted octanol–water partition coefficient (Wildman–Crippen LogP) is 3.89. The summed E-state index contributed by atoms with van der Waals surface area (Å²) in [6.07, 6.45) is 3.25. The van der Waals surface area contributed by atoms with Gasteiger partial charge in [-0.2, -0.15) is 17.2 Å². The summed E-state index contributed by atoms with van der Waals surface area (Å²) < 4.78 is 61.0. The number of aromatic nitrogens is 1. The van der Waals surface area contributed by atoms with E-state index in [1.54, 1.807) is 0 Å². The van der Waals surface area contributed by atoms with Crippen LogP contribution in [0.4, 0.5) is 8.78 Å². The van der Waals surface area contributed by atoms with E-state index in [0.717, 1.165) is 11.1 Å². The van der Waals surface area contributed by atoms with Gasteiger partial charge in [0.2, 0.25) is 5.43 Å². The number of pyridine rings is 1. The van der Waals surface area contributed by atoms with Crippen molar-refractivity contribution in [2.45, 2.75) is 45.0 Å². The molecule has 11 heteroatoms. The maximum absolute atomic E-state index is 13.6. The molecular weight excluding hydrogens is 482 g/mol. The summed E-state index contributed by atoms with van der Waals surface area (Å²) in [6.45, 7) is -0.483. The van der Waals surface area contributed by atoms with Gasteiger partial charge in [0, 0.05) is 30.4 Å². The molecule has 1 saturated carbocycles. The molecule has 2 aliphatic rings. The monoisotopic (exact) mass is 504 g/mol. The highest BCUT2D eigenvalue weighted by Crippen LogP contribution is 2.44. The molecule has 1 N–H and O–H groups in total. The summed E-state index contributed by atoms with van der Waals surface area (Å²) in [5, 5.41) is 3.28. The first kappa shape index (κ1) is 23.4. The number of fused-ring (bicyclic) bond motifs is 2. The van der Waals surface area contributed by atoms with Crippen molar-refractivity contribution in [3.63, 3.8) is 0 Å². The number of carbonyl (C=O) groups is 1. The van der Waals surface area contributed by atoms with E-state index in [2.05, 4.69) is 9.50 Å². The van der Waals surface area contributed by atoms with Crippen molar-refractivity contribution in [1.82, 2.24) is 9.88 Å². The van der Waals surface area contributed by atoms with Crippen molar-refractivity contribution in [1.29, 1.82) is 0 Å². The molecular formula is C24H22F2N2O6S. The maximum Gasteiger partial charge on any atom is 0.387 e. The molecule has 1 unspecified atom stereocenters. The van der Waals surface area contributed by atoms with Crippen LogP contribution in [0.1, 0.15) is 53.3 Å². The molecule has 5 rings (SSSR count). The van der Waals surface area contributed by atoms with Gasteiger partial charge < -0.3 is 18.8 Å². The Hall–Kier alpha value is -3.31. The summed E-state index contributed by atoms with van der Waals surface area (Å²) in [7, 11) is -4.16. The molecule has 0 bridgehead atoms. The largest absolute Gasteiger partial charge is 0.432 e. The van der Waals surface area contributed by atoms with Gasteiger partial charge in [0.1, 0.15) is 5.56 Å². The van der Waals surface area contributed by atoms with Gasteiger partial charge >= 0.3 is 22.7 Å². The molecule has 8 nitrogen and oxygen atoms in total. The van der Waals surface area contributed by atoms with Crippen molar-refractivity contribution in [2.75, 3.05) is 6.26 Å². The topological polar surface area (TPSA) is 104 Å². The molecule has 1 aromatic heterocycles. The maximum atomic E-state index is 13.6. The minimum Gasteiger partial charge on any atom is -0.432 e. The number of nitrogens with one attached hydrogen (secondary N) is 1. The molecule has 1 aliphatic heterocycles. The summed E-state index contributed by atoms with van der Waals surface area (Å²) in [6, 6.07) is 8.61. The van der Waals surface area contributed by atoms with Gasteiger partial charge in [-0.25, -0.2) is 4.79 Å². The zero-order valence-electron chi connectivity index (χ0n) is 18.9. The van der Waals surface area contributed by atoms with Crippen LogP contribution in [-0.2, 0) is 20.8 Å². The average Bonchev–Trinajstić information content (AvgIpc) is 3.55. The third-order valence-corrected chi connectivity index (χ3v) is 6.71. The first-order valence-corrected chi connectivity index (χ1v) is 12.8. The van der Waals surface area contributed by atoms with E-state index < -0.39 is 33.7 Å². The van der Waals surface area contributed by atoms with Gasteiger partial charge in [-0.05, 0) is 54.7 Å². The van der Waals surface area contributed by atoms with E-state index in [0.29, 0.717) is 36.8 Å². The van der Waals surface area contributed by atoms with Crippen molar-refractivity contribution < 1.29 is 30.9 Å². The Bertz CT molecular complexity index is 1530. The van der Waals surface area contributed by atoms with Gasteiger partial charge in [0.25, 0.3) is 0 Å². The Labute approximate surface area is 199 Å². The zero-order chi connectivity index (χ0) is 25.1. The van der Waals surface area contributed by atoms with Crippen LogP contribution in [0.5, 0.6) is 5.75 Å². The van der Waals surface area contributed by atoms with Gasteiger partial charge in [-0.1, -0.05) is 12.1 Å². The highest BCUT2D eigenvalue weighted by Gasteiger charge is 2.31. The van der Waals surface area contributed by atoms with Crippen molar-refractivity contribution >= 4 is 27.0 Å². The number of rotatable bonds is 6. The number of carbonyl (C=O) groups excluding carboxylic acids is 1. The van der Waals surface area contributed by atoms with E-state index in [1.165, 1.54) is 22.9 Å². The van der Waals surface area contributed by atoms with Crippen molar-refractivity contribution in [3.8, 4) is 16.9 Å². The highest BCUT2D eigenvalue weighted by molar-refractivity contribution is 7.86. The second-order valence-corrected chi connectivity index (χ2v) is 10.4. The zero-order valence-corrected chi connectivity index (χ0v) is 19.7. The van der Waals surface area contributed by atoms with Gasteiger partial charge in [0.05, 0.1) is 17.2 Å². The number of hydrogen-bond donors (Lipinski definition) is 1. The number of alkyl halides is 2. The Balaban J connectivity index is 1.76. The van der Waals surface area contributed by atoms with Crippen LogP contribution in [0.3, 0.4) is 0 Å². The molecule has 3 aromatic rings. The number of benzene rings is 2. The molecule has 35 heavy (non-hydrogen) atoms. The molecule has 0 saturated heterocycles. The minimum atomic E-state index is -4.16.